The maximum atomic E-state index is 12.4. The number of sulfone groups is 1. The van der Waals surface area contributed by atoms with Gasteiger partial charge in [0.15, 0.2) is 15.7 Å². The van der Waals surface area contributed by atoms with E-state index in [1.54, 1.807) is 25.1 Å². The van der Waals surface area contributed by atoms with Crippen molar-refractivity contribution in [2.24, 2.45) is 0 Å². The second kappa shape index (κ2) is 6.05. The second-order valence-corrected chi connectivity index (χ2v) is 7.43. The lowest BCUT2D eigenvalue weighted by molar-refractivity contribution is -0.115. The topological polar surface area (TPSA) is 115 Å². The van der Waals surface area contributed by atoms with Crippen LogP contribution in [0, 0.1) is 6.92 Å². The van der Waals surface area contributed by atoms with E-state index in [4.69, 9.17) is 4.52 Å². The molecule has 0 bridgehead atoms. The van der Waals surface area contributed by atoms with Crippen LogP contribution in [0.5, 0.6) is 0 Å². The van der Waals surface area contributed by atoms with Gasteiger partial charge in [-0.25, -0.2) is 8.42 Å². The van der Waals surface area contributed by atoms with E-state index in [-0.39, 0.29) is 22.9 Å². The Bertz CT molecular complexity index is 961. The van der Waals surface area contributed by atoms with Crippen LogP contribution in [0.1, 0.15) is 12.2 Å². The first-order valence-electron chi connectivity index (χ1n) is 6.63. The second-order valence-electron chi connectivity index (χ2n) is 4.83. The zero-order chi connectivity index (χ0) is 16.4. The Kier molecular flexibility index (Phi) is 4.09. The van der Waals surface area contributed by atoms with Crippen LogP contribution in [0.3, 0.4) is 0 Å². The summed E-state index contributed by atoms with van der Waals surface area (Å²) < 4.78 is 37.7. The molecule has 0 saturated carbocycles. The number of aromatic nitrogens is 3. The van der Waals surface area contributed by atoms with Crippen LogP contribution < -0.4 is 5.32 Å². The highest BCUT2D eigenvalue weighted by atomic mass is 32.2. The van der Waals surface area contributed by atoms with Crippen LogP contribution in [0.15, 0.2) is 33.7 Å². The van der Waals surface area contributed by atoms with Crippen molar-refractivity contribution in [3.63, 3.8) is 0 Å². The summed E-state index contributed by atoms with van der Waals surface area (Å²) in [6, 6.07) is 6.32. The predicted octanol–water partition coefficient (Wildman–Crippen LogP) is 1.79. The Morgan fingerprint density at radius 2 is 2.17 bits per heavy atom. The number of amides is 1. The molecule has 0 spiro atoms. The molecule has 0 fully saturated rings. The Morgan fingerprint density at radius 3 is 2.91 bits per heavy atom. The highest BCUT2D eigenvalue weighted by Crippen LogP contribution is 2.22. The monoisotopic (exact) mass is 352 g/mol. The minimum Gasteiger partial charge on any atom is -0.360 e. The summed E-state index contributed by atoms with van der Waals surface area (Å²) in [4.78, 5) is 11.9. The van der Waals surface area contributed by atoms with Gasteiger partial charge in [-0.2, -0.15) is 8.75 Å². The normalized spacial score (nSPS) is 11.7. The lowest BCUT2D eigenvalue weighted by Gasteiger charge is -2.05. The van der Waals surface area contributed by atoms with Gasteiger partial charge < -0.3 is 9.84 Å². The number of fused-ring (bicyclic) bond motifs is 1. The number of carbonyl (C=O) groups is 1. The fraction of sp³-hybridized carbons (Fsp3) is 0.231. The molecule has 0 aliphatic heterocycles. The molecule has 2 heterocycles. The first-order chi connectivity index (χ1) is 11.0. The van der Waals surface area contributed by atoms with Crippen molar-refractivity contribution in [2.75, 3.05) is 11.1 Å². The molecule has 120 valence electrons. The minimum absolute atomic E-state index is 0.0915. The summed E-state index contributed by atoms with van der Waals surface area (Å²) in [7, 11) is -3.64. The number of rotatable bonds is 5. The summed E-state index contributed by atoms with van der Waals surface area (Å²) in [5.41, 5.74) is 0.864. The van der Waals surface area contributed by atoms with Gasteiger partial charge in [0.05, 0.1) is 22.4 Å². The highest BCUT2D eigenvalue weighted by molar-refractivity contribution is 7.91. The van der Waals surface area contributed by atoms with Crippen LogP contribution in [0.4, 0.5) is 5.82 Å². The molecular formula is C13H12N4O4S2. The molecule has 0 saturated heterocycles. The summed E-state index contributed by atoms with van der Waals surface area (Å²) in [5, 5.41) is 6.10. The van der Waals surface area contributed by atoms with Crippen LogP contribution in [-0.4, -0.2) is 34.0 Å². The molecule has 1 N–H and O–H groups in total. The number of nitrogens with one attached hydrogen (secondary N) is 1. The van der Waals surface area contributed by atoms with E-state index in [9.17, 15) is 13.2 Å². The van der Waals surface area contributed by atoms with Crippen LogP contribution in [0.25, 0.3) is 11.0 Å². The molecular weight excluding hydrogens is 340 g/mol. The maximum absolute atomic E-state index is 12.4. The third kappa shape index (κ3) is 3.37. The van der Waals surface area contributed by atoms with Crippen molar-refractivity contribution in [3.8, 4) is 0 Å². The SMILES string of the molecule is Cc1cc(NC(=O)CCS(=O)(=O)c2cccc3nsnc23)no1. The third-order valence-corrected chi connectivity index (χ3v) is 5.36. The molecule has 3 aromatic rings. The fourth-order valence-corrected chi connectivity index (χ4v) is 4.01. The molecule has 3 rings (SSSR count). The molecule has 2 aromatic heterocycles. The van der Waals surface area contributed by atoms with Gasteiger partial charge in [0.25, 0.3) is 0 Å². The summed E-state index contributed by atoms with van der Waals surface area (Å²) >= 11 is 0.949. The van der Waals surface area contributed by atoms with Gasteiger partial charge in [0.2, 0.25) is 5.91 Å². The smallest absolute Gasteiger partial charge is 0.226 e. The lowest BCUT2D eigenvalue weighted by atomic mass is 10.3. The van der Waals surface area contributed by atoms with E-state index in [0.717, 1.165) is 11.7 Å². The lowest BCUT2D eigenvalue weighted by Crippen LogP contribution is -2.17. The van der Waals surface area contributed by atoms with E-state index < -0.39 is 15.7 Å². The van der Waals surface area contributed by atoms with Gasteiger partial charge in [-0.15, -0.1) is 0 Å². The number of carbonyl (C=O) groups excluding carboxylic acids is 1. The number of hydrogen-bond acceptors (Lipinski definition) is 8. The molecule has 0 aliphatic rings. The van der Waals surface area contributed by atoms with Crippen molar-refractivity contribution in [3.05, 3.63) is 30.0 Å². The van der Waals surface area contributed by atoms with Gasteiger partial charge >= 0.3 is 0 Å². The van der Waals surface area contributed by atoms with E-state index in [2.05, 4.69) is 19.2 Å². The van der Waals surface area contributed by atoms with Crippen LogP contribution in [-0.2, 0) is 14.6 Å². The first kappa shape index (κ1) is 15.6. The maximum Gasteiger partial charge on any atom is 0.226 e. The zero-order valence-corrected chi connectivity index (χ0v) is 13.6. The van der Waals surface area contributed by atoms with E-state index >= 15 is 0 Å². The average molecular weight is 352 g/mol. The number of hydrogen-bond donors (Lipinski definition) is 1. The van der Waals surface area contributed by atoms with Gasteiger partial charge in [-0.1, -0.05) is 11.2 Å². The van der Waals surface area contributed by atoms with E-state index in [1.807, 2.05) is 0 Å². The average Bonchev–Trinajstić information content (AvgIpc) is 3.13. The number of benzene rings is 1. The predicted molar refractivity (Wildman–Crippen MR) is 84.0 cm³/mol. The van der Waals surface area contributed by atoms with Gasteiger partial charge in [0.1, 0.15) is 16.8 Å². The van der Waals surface area contributed by atoms with E-state index in [1.165, 1.54) is 6.07 Å². The van der Waals surface area contributed by atoms with Crippen molar-refractivity contribution < 1.29 is 17.7 Å². The zero-order valence-electron chi connectivity index (χ0n) is 12.0. The van der Waals surface area contributed by atoms with Crippen molar-refractivity contribution in [1.29, 1.82) is 0 Å². The van der Waals surface area contributed by atoms with E-state index in [0.29, 0.717) is 16.8 Å². The third-order valence-electron chi connectivity index (χ3n) is 3.08. The Morgan fingerprint density at radius 1 is 1.35 bits per heavy atom. The Balaban J connectivity index is 1.71. The number of anilines is 1. The minimum atomic E-state index is -3.64. The molecule has 1 aromatic carbocycles. The molecule has 10 heteroatoms. The molecule has 0 unspecified atom stereocenters. The van der Waals surface area contributed by atoms with Crippen molar-refractivity contribution in [2.45, 2.75) is 18.2 Å². The molecule has 1 amide bonds. The summed E-state index contributed by atoms with van der Waals surface area (Å²) in [6.45, 7) is 1.69. The summed E-state index contributed by atoms with van der Waals surface area (Å²) in [6.07, 6.45) is -0.192. The molecule has 0 radical (unpaired) electrons. The summed E-state index contributed by atoms with van der Waals surface area (Å²) in [5.74, 6) is 0.0311. The van der Waals surface area contributed by atoms with Gasteiger partial charge in [-0.3, -0.25) is 4.79 Å². The molecule has 8 nitrogen and oxygen atoms in total. The molecule has 23 heavy (non-hydrogen) atoms. The quantitative estimate of drug-likeness (QED) is 0.744. The highest BCUT2D eigenvalue weighted by Gasteiger charge is 2.21. The van der Waals surface area contributed by atoms with Crippen molar-refractivity contribution in [1.82, 2.24) is 13.9 Å². The van der Waals surface area contributed by atoms with Gasteiger partial charge in [-0.05, 0) is 19.1 Å². The first-order valence-corrected chi connectivity index (χ1v) is 9.01. The Labute approximate surface area is 135 Å². The van der Waals surface area contributed by atoms with Crippen LogP contribution in [0.2, 0.25) is 0 Å². The molecule has 0 aliphatic carbocycles. The van der Waals surface area contributed by atoms with Crippen molar-refractivity contribution >= 4 is 44.3 Å². The Hall–Kier alpha value is -2.33. The number of aryl methyl sites for hydroxylation is 1. The molecule has 0 atom stereocenters. The standard InChI is InChI=1S/C13H12N4O4S2/c1-8-7-11(15-21-8)14-12(18)5-6-23(19,20)10-4-2-3-9-13(10)17-22-16-9/h2-4,7H,5-6H2,1H3,(H,14,15,18). The number of nitrogens with zero attached hydrogens (tertiary/aromatic N) is 3. The van der Waals surface area contributed by atoms with Gasteiger partial charge in [0, 0.05) is 12.5 Å². The fourth-order valence-electron chi connectivity index (χ4n) is 2.00. The largest absolute Gasteiger partial charge is 0.360 e. The van der Waals surface area contributed by atoms with Crippen LogP contribution >= 0.6 is 11.7 Å².